The minimum Gasteiger partial charge on any atom is -0.309 e. The highest BCUT2D eigenvalue weighted by molar-refractivity contribution is 6.38. The second-order valence-electron chi connectivity index (χ2n) is 7.08. The van der Waals surface area contributed by atoms with E-state index in [0.29, 0.717) is 16.8 Å². The number of nitrogens with one attached hydrogen (secondary N) is 1. The van der Waals surface area contributed by atoms with Gasteiger partial charge in [-0.05, 0) is 12.1 Å². The van der Waals surface area contributed by atoms with Gasteiger partial charge in [0.1, 0.15) is 17.3 Å². The van der Waals surface area contributed by atoms with Gasteiger partial charge in [-0.3, -0.25) is 4.79 Å². The lowest BCUT2D eigenvalue weighted by Gasteiger charge is -2.19. The topological polar surface area (TPSA) is 70.7 Å². The lowest BCUT2D eigenvalue weighted by Crippen LogP contribution is -2.29. The van der Waals surface area contributed by atoms with Gasteiger partial charge in [0.2, 0.25) is 5.91 Å². The molecule has 0 atom stereocenters. The van der Waals surface area contributed by atoms with Gasteiger partial charge in [-0.1, -0.05) is 44.0 Å². The van der Waals surface area contributed by atoms with Crippen molar-refractivity contribution in [2.45, 2.75) is 33.1 Å². The van der Waals surface area contributed by atoms with E-state index in [2.05, 4.69) is 10.4 Å². The van der Waals surface area contributed by atoms with Gasteiger partial charge in [0, 0.05) is 5.41 Å². The van der Waals surface area contributed by atoms with Crippen LogP contribution in [-0.4, -0.2) is 15.7 Å². The summed E-state index contributed by atoms with van der Waals surface area (Å²) in [7, 11) is 0. The van der Waals surface area contributed by atoms with Crippen LogP contribution in [0.3, 0.4) is 0 Å². The Hall–Kier alpha value is -2.45. The molecule has 1 heterocycles. The van der Waals surface area contributed by atoms with Gasteiger partial charge >= 0.3 is 12.4 Å². The first-order chi connectivity index (χ1) is 13.5. The first kappa shape index (κ1) is 23.8. The molecule has 1 aromatic heterocycles. The van der Waals surface area contributed by atoms with E-state index in [0.717, 1.165) is 0 Å². The number of hydrogen-bond donors (Lipinski definition) is 1. The SMILES string of the molecule is CC(C)(C)C(=O)Nc1c(C#N)c(C(F)(F)F)nn1-c1c(Cl)cc(C(F)(F)F)cc1Cl. The predicted molar refractivity (Wildman–Crippen MR) is 96.4 cm³/mol. The number of amides is 1. The Kier molecular flexibility index (Phi) is 6.09. The fourth-order valence-corrected chi connectivity index (χ4v) is 2.87. The number of aromatic nitrogens is 2. The van der Waals surface area contributed by atoms with Gasteiger partial charge in [-0.25, -0.2) is 4.68 Å². The third-order valence-electron chi connectivity index (χ3n) is 3.73. The molecule has 0 fully saturated rings. The van der Waals surface area contributed by atoms with Crippen molar-refractivity contribution < 1.29 is 31.1 Å². The van der Waals surface area contributed by atoms with E-state index >= 15 is 0 Å². The number of nitrogens with zero attached hydrogens (tertiary/aromatic N) is 3. The fourth-order valence-electron chi connectivity index (χ4n) is 2.23. The van der Waals surface area contributed by atoms with Crippen molar-refractivity contribution in [3.8, 4) is 11.8 Å². The van der Waals surface area contributed by atoms with Gasteiger partial charge in [-0.15, -0.1) is 0 Å². The second kappa shape index (κ2) is 7.67. The van der Waals surface area contributed by atoms with Crippen molar-refractivity contribution in [3.63, 3.8) is 0 Å². The normalized spacial score (nSPS) is 12.6. The van der Waals surface area contributed by atoms with Crippen molar-refractivity contribution >= 4 is 34.9 Å². The second-order valence-corrected chi connectivity index (χ2v) is 7.90. The van der Waals surface area contributed by atoms with Crippen molar-refractivity contribution in [3.05, 3.63) is 39.0 Å². The predicted octanol–water partition coefficient (Wildman–Crippen LogP) is 6.07. The lowest BCUT2D eigenvalue weighted by atomic mass is 9.95. The van der Waals surface area contributed by atoms with E-state index in [1.165, 1.54) is 26.8 Å². The van der Waals surface area contributed by atoms with E-state index in [1.54, 1.807) is 0 Å². The minimum absolute atomic E-state index is 0.399. The summed E-state index contributed by atoms with van der Waals surface area (Å²) in [4.78, 5) is 12.3. The van der Waals surface area contributed by atoms with Crippen molar-refractivity contribution in [1.29, 1.82) is 5.26 Å². The first-order valence-electron chi connectivity index (χ1n) is 7.97. The van der Waals surface area contributed by atoms with E-state index in [9.17, 15) is 36.4 Å². The Morgan fingerprint density at radius 2 is 1.57 bits per heavy atom. The van der Waals surface area contributed by atoms with Crippen LogP contribution in [0.2, 0.25) is 10.0 Å². The number of alkyl halides is 6. The average Bonchev–Trinajstić information content (AvgIpc) is 2.91. The van der Waals surface area contributed by atoms with Crippen LogP contribution in [0.4, 0.5) is 32.2 Å². The monoisotopic (exact) mass is 472 g/mol. The largest absolute Gasteiger partial charge is 0.436 e. The molecule has 0 bridgehead atoms. The van der Waals surface area contributed by atoms with Gasteiger partial charge < -0.3 is 5.32 Å². The third kappa shape index (κ3) is 4.65. The van der Waals surface area contributed by atoms with Crippen LogP contribution in [0.25, 0.3) is 5.69 Å². The van der Waals surface area contributed by atoms with Crippen molar-refractivity contribution in [2.75, 3.05) is 5.32 Å². The summed E-state index contributed by atoms with van der Waals surface area (Å²) in [6.45, 7) is 4.37. The molecule has 0 aliphatic rings. The molecule has 0 unspecified atom stereocenters. The molecule has 0 aliphatic carbocycles. The molecule has 162 valence electrons. The number of benzene rings is 1. The Bertz CT molecular complexity index is 1020. The maximum Gasteiger partial charge on any atom is 0.436 e. The molecule has 2 aromatic rings. The number of carbonyl (C=O) groups is 1. The Labute approximate surface area is 176 Å². The molecule has 13 heteroatoms. The maximum absolute atomic E-state index is 13.4. The summed E-state index contributed by atoms with van der Waals surface area (Å²) in [6, 6.07) is 2.20. The van der Waals surface area contributed by atoms with Gasteiger partial charge in [-0.2, -0.15) is 36.7 Å². The summed E-state index contributed by atoms with van der Waals surface area (Å²) < 4.78 is 79.4. The number of halogens is 8. The summed E-state index contributed by atoms with van der Waals surface area (Å²) in [5.74, 6) is -1.51. The molecule has 0 aliphatic heterocycles. The Morgan fingerprint density at radius 3 is 1.93 bits per heavy atom. The van der Waals surface area contributed by atoms with Gasteiger partial charge in [0.25, 0.3) is 0 Å². The molecule has 1 amide bonds. The Morgan fingerprint density at radius 1 is 1.07 bits per heavy atom. The lowest BCUT2D eigenvalue weighted by molar-refractivity contribution is -0.141. The van der Waals surface area contributed by atoms with Crippen LogP contribution in [-0.2, 0) is 17.1 Å². The molecule has 30 heavy (non-hydrogen) atoms. The minimum atomic E-state index is -5.11. The van der Waals surface area contributed by atoms with Crippen molar-refractivity contribution in [2.24, 2.45) is 5.41 Å². The molecular formula is C17H12Cl2F6N4O. The highest BCUT2D eigenvalue weighted by atomic mass is 35.5. The van der Waals surface area contributed by atoms with Crippen LogP contribution in [0.5, 0.6) is 0 Å². The quantitative estimate of drug-likeness (QED) is 0.539. The first-order valence-corrected chi connectivity index (χ1v) is 8.72. The van der Waals surface area contributed by atoms with E-state index in [1.807, 2.05) is 0 Å². The maximum atomic E-state index is 13.4. The van der Waals surface area contributed by atoms with E-state index in [4.69, 9.17) is 23.2 Å². The summed E-state index contributed by atoms with van der Waals surface area (Å²) in [5.41, 5.74) is -5.62. The van der Waals surface area contributed by atoms with Crippen LogP contribution in [0.1, 0.15) is 37.6 Å². The smallest absolute Gasteiger partial charge is 0.309 e. The number of carbonyl (C=O) groups excluding carboxylic acids is 1. The van der Waals surface area contributed by atoms with Crippen LogP contribution in [0.15, 0.2) is 12.1 Å². The van der Waals surface area contributed by atoms with Gasteiger partial charge in [0.15, 0.2) is 11.5 Å². The Balaban J connectivity index is 2.85. The molecule has 2 rings (SSSR count). The zero-order valence-electron chi connectivity index (χ0n) is 15.4. The molecule has 0 spiro atoms. The zero-order valence-corrected chi connectivity index (χ0v) is 16.9. The number of anilines is 1. The van der Waals surface area contributed by atoms with E-state index in [-0.39, 0.29) is 0 Å². The molecule has 0 saturated carbocycles. The summed E-state index contributed by atoms with van der Waals surface area (Å²) >= 11 is 11.7. The molecular weight excluding hydrogens is 461 g/mol. The van der Waals surface area contributed by atoms with Crippen LogP contribution in [0, 0.1) is 16.7 Å². The van der Waals surface area contributed by atoms with Gasteiger partial charge in [0.05, 0.1) is 15.6 Å². The van der Waals surface area contributed by atoms with Crippen molar-refractivity contribution in [1.82, 2.24) is 9.78 Å². The number of rotatable bonds is 2. The number of hydrogen-bond acceptors (Lipinski definition) is 3. The molecule has 5 nitrogen and oxygen atoms in total. The highest BCUT2D eigenvalue weighted by Gasteiger charge is 2.41. The molecule has 1 aromatic carbocycles. The van der Waals surface area contributed by atoms with Crippen LogP contribution < -0.4 is 5.32 Å². The number of nitriles is 1. The summed E-state index contributed by atoms with van der Waals surface area (Å²) in [5, 5.41) is 13.3. The zero-order chi connectivity index (χ0) is 23.2. The summed E-state index contributed by atoms with van der Waals surface area (Å²) in [6.07, 6.45) is -9.93. The third-order valence-corrected chi connectivity index (χ3v) is 4.31. The van der Waals surface area contributed by atoms with E-state index < -0.39 is 62.0 Å². The highest BCUT2D eigenvalue weighted by Crippen LogP contribution is 2.41. The standard InChI is InChI=1S/C17H12Cl2F6N4O/c1-15(2,3)14(30)27-13-8(6-26)12(17(23,24)25)28-29(13)11-9(18)4-7(5-10(11)19)16(20,21)22/h4-5H,1-3H3,(H,27,30). The average molecular weight is 473 g/mol. The molecule has 0 saturated heterocycles. The fraction of sp³-hybridized carbons (Fsp3) is 0.353. The molecule has 1 N–H and O–H groups in total. The molecule has 0 radical (unpaired) electrons. The van der Waals surface area contributed by atoms with Crippen LogP contribution >= 0.6 is 23.2 Å².